The number of hydrogen-bond donors (Lipinski definition) is 4. The summed E-state index contributed by atoms with van der Waals surface area (Å²) in [7, 11) is 0. The number of carbonyl (C=O) groups excluding carboxylic acids is 2. The predicted octanol–water partition coefficient (Wildman–Crippen LogP) is 2.38. The lowest BCUT2D eigenvalue weighted by Crippen LogP contribution is -2.60. The van der Waals surface area contributed by atoms with Gasteiger partial charge in [-0.05, 0) is 73.5 Å². The van der Waals surface area contributed by atoms with E-state index in [0.717, 1.165) is 28.9 Å². The fourth-order valence-corrected chi connectivity index (χ4v) is 5.88. The Morgan fingerprint density at radius 1 is 1.04 bits per heavy atom. The van der Waals surface area contributed by atoms with Gasteiger partial charge in [-0.2, -0.15) is 0 Å². The molecule has 0 atom stereocenters. The van der Waals surface area contributed by atoms with Gasteiger partial charge in [-0.15, -0.1) is 0 Å². The summed E-state index contributed by atoms with van der Waals surface area (Å²) in [6.07, 6.45) is 10.6. The summed E-state index contributed by atoms with van der Waals surface area (Å²) in [4.78, 5) is 23.5. The van der Waals surface area contributed by atoms with E-state index in [0.29, 0.717) is 13.1 Å². The van der Waals surface area contributed by atoms with Crippen LogP contribution in [0.3, 0.4) is 0 Å². The van der Waals surface area contributed by atoms with Crippen LogP contribution in [0.25, 0.3) is 6.08 Å². The van der Waals surface area contributed by atoms with Gasteiger partial charge in [0.2, 0.25) is 5.91 Å². The van der Waals surface area contributed by atoms with Gasteiger partial charge in [0, 0.05) is 18.2 Å². The minimum absolute atomic E-state index is 0.0718. The van der Waals surface area contributed by atoms with Crippen molar-refractivity contribution >= 4 is 17.9 Å². The molecular formula is C22H29N3O3. The molecule has 0 spiro atoms. The maximum Gasteiger partial charge on any atom is 0.267 e. The van der Waals surface area contributed by atoms with Crippen LogP contribution in [-0.4, -0.2) is 29.1 Å². The molecule has 0 heterocycles. The molecule has 0 aliphatic heterocycles. The van der Waals surface area contributed by atoms with Crippen molar-refractivity contribution in [2.45, 2.75) is 50.6 Å². The first-order chi connectivity index (χ1) is 13.5. The van der Waals surface area contributed by atoms with Crippen LogP contribution >= 0.6 is 0 Å². The van der Waals surface area contributed by atoms with Crippen molar-refractivity contribution in [2.24, 2.45) is 17.8 Å². The number of carbonyl (C=O) groups is 2. The van der Waals surface area contributed by atoms with Gasteiger partial charge < -0.3 is 10.6 Å². The molecule has 4 aliphatic carbocycles. The largest absolute Gasteiger partial charge is 0.350 e. The zero-order valence-electron chi connectivity index (χ0n) is 16.1. The van der Waals surface area contributed by atoms with Crippen molar-refractivity contribution in [1.82, 2.24) is 16.1 Å². The smallest absolute Gasteiger partial charge is 0.267 e. The van der Waals surface area contributed by atoms with Crippen LogP contribution in [0.5, 0.6) is 0 Å². The molecule has 0 unspecified atom stereocenters. The van der Waals surface area contributed by atoms with E-state index in [2.05, 4.69) is 10.6 Å². The third-order valence-corrected chi connectivity index (χ3v) is 6.57. The predicted molar refractivity (Wildman–Crippen MR) is 106 cm³/mol. The molecule has 5 rings (SSSR count). The van der Waals surface area contributed by atoms with Crippen molar-refractivity contribution in [3.63, 3.8) is 0 Å². The summed E-state index contributed by atoms with van der Waals surface area (Å²) < 4.78 is 0. The minimum Gasteiger partial charge on any atom is -0.350 e. The highest BCUT2D eigenvalue weighted by Gasteiger charge is 2.51. The summed E-state index contributed by atoms with van der Waals surface area (Å²) in [5, 5.41) is 15.1. The minimum atomic E-state index is -0.559. The Morgan fingerprint density at radius 2 is 1.64 bits per heavy atom. The van der Waals surface area contributed by atoms with Crippen LogP contribution in [-0.2, 0) is 16.1 Å². The highest BCUT2D eigenvalue weighted by atomic mass is 16.5. The Labute approximate surface area is 165 Å². The van der Waals surface area contributed by atoms with E-state index in [-0.39, 0.29) is 11.4 Å². The topological polar surface area (TPSA) is 90.5 Å². The Morgan fingerprint density at radius 3 is 2.21 bits per heavy atom. The highest BCUT2D eigenvalue weighted by molar-refractivity contribution is 5.90. The molecule has 6 heteroatoms. The SMILES string of the molecule is O=C(C=Cc1ccc(CNCC(=O)NC23CC4CC(CC(C4)C2)C3)cc1)NO. The van der Waals surface area contributed by atoms with Crippen LogP contribution in [0.1, 0.15) is 49.7 Å². The molecule has 1 aromatic rings. The number of nitrogens with one attached hydrogen (secondary N) is 3. The fraction of sp³-hybridized carbons (Fsp3) is 0.545. The molecule has 6 nitrogen and oxygen atoms in total. The van der Waals surface area contributed by atoms with E-state index in [1.807, 2.05) is 24.3 Å². The highest BCUT2D eigenvalue weighted by Crippen LogP contribution is 2.55. The molecule has 1 aromatic carbocycles. The lowest BCUT2D eigenvalue weighted by molar-refractivity contribution is -0.126. The molecule has 28 heavy (non-hydrogen) atoms. The Bertz CT molecular complexity index is 722. The number of benzene rings is 1. The maximum absolute atomic E-state index is 12.5. The molecule has 0 radical (unpaired) electrons. The van der Waals surface area contributed by atoms with E-state index in [4.69, 9.17) is 5.21 Å². The van der Waals surface area contributed by atoms with Gasteiger partial charge in [0.25, 0.3) is 5.91 Å². The monoisotopic (exact) mass is 383 g/mol. The van der Waals surface area contributed by atoms with E-state index in [9.17, 15) is 9.59 Å². The van der Waals surface area contributed by atoms with Gasteiger partial charge >= 0.3 is 0 Å². The van der Waals surface area contributed by atoms with Crippen molar-refractivity contribution in [3.8, 4) is 0 Å². The van der Waals surface area contributed by atoms with Gasteiger partial charge in [0.05, 0.1) is 6.54 Å². The zero-order chi connectivity index (χ0) is 19.6. The van der Waals surface area contributed by atoms with Gasteiger partial charge in [-0.25, -0.2) is 5.48 Å². The Kier molecular flexibility index (Phi) is 5.51. The molecule has 150 valence electrons. The van der Waals surface area contributed by atoms with Crippen LogP contribution in [0.15, 0.2) is 30.3 Å². The molecular weight excluding hydrogens is 354 g/mol. The average Bonchev–Trinajstić information content (AvgIpc) is 2.65. The molecule has 4 fully saturated rings. The fourth-order valence-electron chi connectivity index (χ4n) is 5.88. The molecule has 4 aliphatic rings. The first-order valence-electron chi connectivity index (χ1n) is 10.3. The third kappa shape index (κ3) is 4.45. The van der Waals surface area contributed by atoms with E-state index < -0.39 is 5.91 Å². The van der Waals surface area contributed by atoms with E-state index in [1.165, 1.54) is 44.6 Å². The summed E-state index contributed by atoms with van der Waals surface area (Å²) in [6, 6.07) is 7.71. The Hall–Kier alpha value is -2.18. The molecule has 4 saturated carbocycles. The van der Waals surface area contributed by atoms with Crippen molar-refractivity contribution in [2.75, 3.05) is 6.54 Å². The van der Waals surface area contributed by atoms with Crippen molar-refractivity contribution < 1.29 is 14.8 Å². The Balaban J connectivity index is 1.22. The molecule has 0 saturated heterocycles. The molecule has 4 N–H and O–H groups in total. The lowest BCUT2D eigenvalue weighted by Gasteiger charge is -2.56. The first kappa shape index (κ1) is 19.2. The number of hydroxylamine groups is 1. The maximum atomic E-state index is 12.5. The standard InChI is InChI=1S/C22H29N3O3/c26-20(25-28)6-5-15-1-3-16(4-2-15)13-23-14-21(27)24-22-10-17-7-18(11-22)9-19(8-17)12-22/h1-6,17-19,23,28H,7-14H2,(H,24,27)(H,25,26). The summed E-state index contributed by atoms with van der Waals surface area (Å²) in [5.41, 5.74) is 3.57. The van der Waals surface area contributed by atoms with Crippen LogP contribution < -0.4 is 16.1 Å². The van der Waals surface area contributed by atoms with E-state index >= 15 is 0 Å². The number of hydrogen-bond acceptors (Lipinski definition) is 4. The van der Waals surface area contributed by atoms with Crippen LogP contribution in [0, 0.1) is 17.8 Å². The second-order valence-corrected chi connectivity index (χ2v) is 8.90. The number of rotatable bonds is 7. The average molecular weight is 383 g/mol. The second-order valence-electron chi connectivity index (χ2n) is 8.90. The third-order valence-electron chi connectivity index (χ3n) is 6.57. The summed E-state index contributed by atoms with van der Waals surface area (Å²) in [5.74, 6) is 2.04. The molecule has 4 bridgehead atoms. The normalized spacial score (nSPS) is 30.5. The lowest BCUT2D eigenvalue weighted by atomic mass is 9.53. The molecule has 2 amide bonds. The van der Waals surface area contributed by atoms with Crippen LogP contribution in [0.2, 0.25) is 0 Å². The second kappa shape index (κ2) is 8.05. The van der Waals surface area contributed by atoms with E-state index in [1.54, 1.807) is 11.6 Å². The zero-order valence-corrected chi connectivity index (χ0v) is 16.1. The van der Waals surface area contributed by atoms with Gasteiger partial charge in [0.1, 0.15) is 0 Å². The molecule has 0 aromatic heterocycles. The van der Waals surface area contributed by atoms with Crippen molar-refractivity contribution in [3.05, 3.63) is 41.5 Å². The summed E-state index contributed by atoms with van der Waals surface area (Å²) >= 11 is 0. The first-order valence-corrected chi connectivity index (χ1v) is 10.3. The number of amides is 2. The van der Waals surface area contributed by atoms with Crippen LogP contribution in [0.4, 0.5) is 0 Å². The van der Waals surface area contributed by atoms with Gasteiger partial charge in [-0.3, -0.25) is 14.8 Å². The summed E-state index contributed by atoms with van der Waals surface area (Å²) in [6.45, 7) is 0.954. The van der Waals surface area contributed by atoms with Crippen molar-refractivity contribution in [1.29, 1.82) is 0 Å². The van der Waals surface area contributed by atoms with Gasteiger partial charge in [0.15, 0.2) is 0 Å². The quantitative estimate of drug-likeness (QED) is 0.331. The van der Waals surface area contributed by atoms with Gasteiger partial charge in [-0.1, -0.05) is 24.3 Å².